The van der Waals surface area contributed by atoms with Crippen molar-refractivity contribution in [2.45, 2.75) is 19.9 Å². The Morgan fingerprint density at radius 1 is 1.25 bits per heavy atom. The van der Waals surface area contributed by atoms with Crippen molar-refractivity contribution < 1.29 is 4.79 Å². The molecule has 1 saturated heterocycles. The van der Waals surface area contributed by atoms with Gasteiger partial charge in [0.1, 0.15) is 5.69 Å². The highest BCUT2D eigenvalue weighted by Crippen LogP contribution is 2.10. The maximum Gasteiger partial charge on any atom is 0.270 e. The molecule has 1 amide bonds. The van der Waals surface area contributed by atoms with Crippen molar-refractivity contribution in [2.75, 3.05) is 26.2 Å². The minimum atomic E-state index is -0.136. The topological polar surface area (TPSA) is 69.3 Å². The van der Waals surface area contributed by atoms with Gasteiger partial charge in [0.15, 0.2) is 5.43 Å². The van der Waals surface area contributed by atoms with Crippen LogP contribution in [0.1, 0.15) is 28.2 Å². The molecule has 1 fully saturated rings. The fourth-order valence-corrected chi connectivity index (χ4v) is 3.05. The minimum absolute atomic E-state index is 0.0981. The van der Waals surface area contributed by atoms with Crippen LogP contribution >= 0.6 is 0 Å². The lowest BCUT2D eigenvalue weighted by atomic mass is 10.2. The number of H-pyrrole nitrogens is 1. The second kappa shape index (κ2) is 7.40. The third kappa shape index (κ3) is 4.08. The van der Waals surface area contributed by atoms with Gasteiger partial charge in [-0.2, -0.15) is 0 Å². The molecular weight excluding hydrogens is 304 g/mol. The van der Waals surface area contributed by atoms with Crippen LogP contribution in [0.25, 0.3) is 0 Å². The zero-order chi connectivity index (χ0) is 16.9. The van der Waals surface area contributed by atoms with Gasteiger partial charge in [-0.3, -0.25) is 19.5 Å². The molecule has 126 valence electrons. The maximum absolute atomic E-state index is 12.6. The Labute approximate surface area is 141 Å². The van der Waals surface area contributed by atoms with Crippen LogP contribution in [0.15, 0.2) is 41.5 Å². The van der Waals surface area contributed by atoms with Gasteiger partial charge in [-0.05, 0) is 25.0 Å². The third-order valence-corrected chi connectivity index (χ3v) is 4.21. The van der Waals surface area contributed by atoms with E-state index in [4.69, 9.17) is 0 Å². The number of carbonyl (C=O) groups is 1. The Morgan fingerprint density at radius 3 is 2.88 bits per heavy atom. The molecule has 1 aliphatic heterocycles. The number of aromatic nitrogens is 2. The van der Waals surface area contributed by atoms with Crippen molar-refractivity contribution in [3.63, 3.8) is 0 Å². The predicted octanol–water partition coefficient (Wildman–Crippen LogP) is 1.43. The molecular formula is C18H22N4O2. The average Bonchev–Trinajstić information content (AvgIpc) is 2.80. The number of hydrogen-bond acceptors (Lipinski definition) is 4. The molecule has 2 aromatic rings. The quantitative estimate of drug-likeness (QED) is 0.926. The molecule has 2 aromatic heterocycles. The van der Waals surface area contributed by atoms with Crippen molar-refractivity contribution in [2.24, 2.45) is 0 Å². The Morgan fingerprint density at radius 2 is 2.12 bits per heavy atom. The number of nitrogens with one attached hydrogen (secondary N) is 1. The highest BCUT2D eigenvalue weighted by atomic mass is 16.2. The number of rotatable bonds is 3. The molecule has 1 aliphatic rings. The van der Waals surface area contributed by atoms with Crippen molar-refractivity contribution in [3.05, 3.63) is 63.8 Å². The summed E-state index contributed by atoms with van der Waals surface area (Å²) in [7, 11) is 0. The van der Waals surface area contributed by atoms with E-state index < -0.39 is 0 Å². The summed E-state index contributed by atoms with van der Waals surface area (Å²) in [6, 6.07) is 6.89. The van der Waals surface area contributed by atoms with E-state index in [-0.39, 0.29) is 11.3 Å². The van der Waals surface area contributed by atoms with E-state index in [1.807, 2.05) is 17.2 Å². The highest BCUT2D eigenvalue weighted by molar-refractivity contribution is 5.92. The Kier molecular flexibility index (Phi) is 5.05. The van der Waals surface area contributed by atoms with Crippen LogP contribution in [0.5, 0.6) is 0 Å². The summed E-state index contributed by atoms with van der Waals surface area (Å²) >= 11 is 0. The van der Waals surface area contributed by atoms with Gasteiger partial charge in [0.2, 0.25) is 0 Å². The summed E-state index contributed by atoms with van der Waals surface area (Å²) in [5.41, 5.74) is 2.13. The van der Waals surface area contributed by atoms with Crippen LogP contribution in [-0.4, -0.2) is 51.9 Å². The SMILES string of the molecule is Cc1cc(=O)cc(C(=O)N2CCCN(Cc3cccnc3)CC2)[nH]1. The predicted molar refractivity (Wildman–Crippen MR) is 91.8 cm³/mol. The largest absolute Gasteiger partial charge is 0.354 e. The molecule has 0 unspecified atom stereocenters. The first kappa shape index (κ1) is 16.4. The van der Waals surface area contributed by atoms with Crippen molar-refractivity contribution >= 4 is 5.91 Å². The molecule has 0 spiro atoms. The van der Waals surface area contributed by atoms with Gasteiger partial charge in [-0.25, -0.2) is 0 Å². The maximum atomic E-state index is 12.6. The third-order valence-electron chi connectivity index (χ3n) is 4.21. The van der Waals surface area contributed by atoms with E-state index in [1.54, 1.807) is 13.1 Å². The van der Waals surface area contributed by atoms with Crippen molar-refractivity contribution in [3.8, 4) is 0 Å². The summed E-state index contributed by atoms with van der Waals surface area (Å²) in [6.07, 6.45) is 4.57. The summed E-state index contributed by atoms with van der Waals surface area (Å²) < 4.78 is 0. The Balaban J connectivity index is 1.64. The monoisotopic (exact) mass is 326 g/mol. The lowest BCUT2D eigenvalue weighted by Crippen LogP contribution is -2.36. The second-order valence-corrected chi connectivity index (χ2v) is 6.20. The number of nitrogens with zero attached hydrogens (tertiary/aromatic N) is 3. The molecule has 6 nitrogen and oxygen atoms in total. The van der Waals surface area contributed by atoms with Gasteiger partial charge in [-0.15, -0.1) is 0 Å². The molecule has 3 rings (SSSR count). The zero-order valence-electron chi connectivity index (χ0n) is 13.9. The standard InChI is InChI=1S/C18H22N4O2/c1-14-10-16(23)11-17(20-14)18(24)22-7-3-6-21(8-9-22)13-15-4-2-5-19-12-15/h2,4-5,10-12H,3,6-9,13H2,1H3,(H,20,23). The molecule has 0 atom stereocenters. The molecule has 0 aliphatic carbocycles. The highest BCUT2D eigenvalue weighted by Gasteiger charge is 2.21. The lowest BCUT2D eigenvalue weighted by molar-refractivity contribution is 0.0755. The summed E-state index contributed by atoms with van der Waals surface area (Å²) in [6.45, 7) is 5.76. The number of amides is 1. The second-order valence-electron chi connectivity index (χ2n) is 6.20. The minimum Gasteiger partial charge on any atom is -0.354 e. The smallest absolute Gasteiger partial charge is 0.270 e. The Hall–Kier alpha value is -2.47. The first-order valence-electron chi connectivity index (χ1n) is 8.23. The average molecular weight is 326 g/mol. The zero-order valence-corrected chi connectivity index (χ0v) is 13.9. The van der Waals surface area contributed by atoms with Crippen LogP contribution in [0.2, 0.25) is 0 Å². The molecule has 6 heteroatoms. The molecule has 1 N–H and O–H groups in total. The van der Waals surface area contributed by atoms with Crippen molar-refractivity contribution in [1.82, 2.24) is 19.8 Å². The first-order chi connectivity index (χ1) is 11.6. The van der Waals surface area contributed by atoms with Crippen LogP contribution in [-0.2, 0) is 6.54 Å². The molecule has 24 heavy (non-hydrogen) atoms. The Bertz CT molecular complexity index is 757. The first-order valence-corrected chi connectivity index (χ1v) is 8.23. The number of hydrogen-bond donors (Lipinski definition) is 1. The number of aromatic amines is 1. The van der Waals surface area contributed by atoms with Gasteiger partial charge < -0.3 is 9.88 Å². The summed E-state index contributed by atoms with van der Waals surface area (Å²) in [5, 5.41) is 0. The van der Waals surface area contributed by atoms with Crippen LogP contribution in [0.3, 0.4) is 0 Å². The number of carbonyl (C=O) groups excluding carboxylic acids is 1. The van der Waals surface area contributed by atoms with Crippen molar-refractivity contribution in [1.29, 1.82) is 0 Å². The van der Waals surface area contributed by atoms with Crippen LogP contribution in [0.4, 0.5) is 0 Å². The van der Waals surface area contributed by atoms with Crippen LogP contribution in [0, 0.1) is 6.92 Å². The molecule has 0 aromatic carbocycles. The van der Waals surface area contributed by atoms with E-state index >= 15 is 0 Å². The van der Waals surface area contributed by atoms with E-state index in [2.05, 4.69) is 20.9 Å². The lowest BCUT2D eigenvalue weighted by Gasteiger charge is -2.22. The van der Waals surface area contributed by atoms with E-state index in [1.165, 1.54) is 17.7 Å². The van der Waals surface area contributed by atoms with E-state index in [0.717, 1.165) is 26.1 Å². The van der Waals surface area contributed by atoms with Gasteiger partial charge >= 0.3 is 0 Å². The van der Waals surface area contributed by atoms with Gasteiger partial charge in [-0.1, -0.05) is 6.07 Å². The van der Waals surface area contributed by atoms with E-state index in [0.29, 0.717) is 24.5 Å². The fourth-order valence-electron chi connectivity index (χ4n) is 3.05. The number of pyridine rings is 2. The molecule has 3 heterocycles. The molecule has 0 radical (unpaired) electrons. The number of aryl methyl sites for hydroxylation is 1. The van der Waals surface area contributed by atoms with E-state index in [9.17, 15) is 9.59 Å². The van der Waals surface area contributed by atoms with Gasteiger partial charge in [0.25, 0.3) is 5.91 Å². The molecule has 0 saturated carbocycles. The van der Waals surface area contributed by atoms with Gasteiger partial charge in [0.05, 0.1) is 0 Å². The van der Waals surface area contributed by atoms with Crippen LogP contribution < -0.4 is 5.43 Å². The normalized spacial score (nSPS) is 16.0. The fraction of sp³-hybridized carbons (Fsp3) is 0.389. The summed E-state index contributed by atoms with van der Waals surface area (Å²) in [5.74, 6) is -0.0981. The summed E-state index contributed by atoms with van der Waals surface area (Å²) in [4.78, 5) is 35.6. The molecule has 0 bridgehead atoms. The van der Waals surface area contributed by atoms with Gasteiger partial charge in [0, 0.05) is 62.9 Å².